The lowest BCUT2D eigenvalue weighted by Crippen LogP contribution is -2.46. The summed E-state index contributed by atoms with van der Waals surface area (Å²) in [5.41, 5.74) is 0. The van der Waals surface area contributed by atoms with Crippen LogP contribution >= 0.6 is 0 Å². The van der Waals surface area contributed by atoms with Crippen LogP contribution in [0.5, 0.6) is 0 Å². The van der Waals surface area contributed by atoms with Gasteiger partial charge >= 0.3 is 0 Å². The van der Waals surface area contributed by atoms with Crippen LogP contribution in [0.25, 0.3) is 0 Å². The summed E-state index contributed by atoms with van der Waals surface area (Å²) in [5.74, 6) is 0.460. The third-order valence-corrected chi connectivity index (χ3v) is 3.31. The van der Waals surface area contributed by atoms with Crippen LogP contribution in [0.1, 0.15) is 39.0 Å². The molecule has 16 heavy (non-hydrogen) atoms. The van der Waals surface area contributed by atoms with Crippen molar-refractivity contribution in [3.05, 3.63) is 0 Å². The number of carbonyl (C=O) groups excluding carboxylic acids is 2. The molecule has 2 rings (SSSR count). The van der Waals surface area contributed by atoms with Gasteiger partial charge in [-0.2, -0.15) is 0 Å². The first-order chi connectivity index (χ1) is 7.74. The van der Waals surface area contributed by atoms with E-state index in [1.807, 2.05) is 6.92 Å². The maximum atomic E-state index is 11.9. The molecule has 1 N–H and O–H groups in total. The first kappa shape index (κ1) is 11.4. The van der Waals surface area contributed by atoms with E-state index in [0.29, 0.717) is 6.54 Å². The molecule has 1 aliphatic carbocycles. The molecule has 90 valence electrons. The van der Waals surface area contributed by atoms with Gasteiger partial charge in [0.1, 0.15) is 6.04 Å². The van der Waals surface area contributed by atoms with Gasteiger partial charge < -0.3 is 10.2 Å². The van der Waals surface area contributed by atoms with E-state index in [1.165, 1.54) is 0 Å². The Hall–Kier alpha value is -1.06. The van der Waals surface area contributed by atoms with Crippen LogP contribution in [-0.2, 0) is 9.59 Å². The maximum absolute atomic E-state index is 11.9. The predicted molar refractivity (Wildman–Crippen MR) is 60.8 cm³/mol. The molecule has 0 unspecified atom stereocenters. The van der Waals surface area contributed by atoms with Gasteiger partial charge in [0, 0.05) is 19.0 Å². The first-order valence-electron chi connectivity index (χ1n) is 6.32. The molecule has 4 heteroatoms. The largest absolute Gasteiger partial charge is 0.354 e. The molecule has 2 aliphatic rings. The van der Waals surface area contributed by atoms with E-state index >= 15 is 0 Å². The van der Waals surface area contributed by atoms with E-state index in [-0.39, 0.29) is 23.8 Å². The van der Waals surface area contributed by atoms with Crippen molar-refractivity contribution < 1.29 is 9.59 Å². The summed E-state index contributed by atoms with van der Waals surface area (Å²) in [6.07, 6.45) is 4.75. The average molecular weight is 224 g/mol. The van der Waals surface area contributed by atoms with Crippen LogP contribution in [-0.4, -0.2) is 35.8 Å². The second-order valence-corrected chi connectivity index (χ2v) is 4.75. The Labute approximate surface area is 96.4 Å². The average Bonchev–Trinajstić information content (AvgIpc) is 3.02. The number of hydrogen-bond acceptors (Lipinski definition) is 2. The summed E-state index contributed by atoms with van der Waals surface area (Å²) in [6, 6.07) is -0.195. The molecule has 2 fully saturated rings. The molecule has 4 nitrogen and oxygen atoms in total. The number of rotatable bonds is 4. The van der Waals surface area contributed by atoms with Crippen molar-refractivity contribution in [2.75, 3.05) is 13.1 Å². The Kier molecular flexibility index (Phi) is 3.46. The summed E-state index contributed by atoms with van der Waals surface area (Å²) in [4.78, 5) is 25.6. The number of carbonyl (C=O) groups is 2. The summed E-state index contributed by atoms with van der Waals surface area (Å²) in [6.45, 7) is 3.50. The molecule has 0 bridgehead atoms. The van der Waals surface area contributed by atoms with Crippen molar-refractivity contribution in [1.29, 1.82) is 0 Å². The lowest BCUT2D eigenvalue weighted by molar-refractivity contribution is -0.139. The molecule has 2 amide bonds. The van der Waals surface area contributed by atoms with Gasteiger partial charge in [-0.1, -0.05) is 6.92 Å². The molecular formula is C12H20N2O2. The molecule has 0 spiro atoms. The molecule has 1 saturated heterocycles. The van der Waals surface area contributed by atoms with E-state index in [9.17, 15) is 9.59 Å². The highest BCUT2D eigenvalue weighted by molar-refractivity contribution is 5.89. The van der Waals surface area contributed by atoms with Crippen molar-refractivity contribution in [3.63, 3.8) is 0 Å². The summed E-state index contributed by atoms with van der Waals surface area (Å²) in [7, 11) is 0. The fourth-order valence-electron chi connectivity index (χ4n) is 2.23. The molecule has 1 heterocycles. The van der Waals surface area contributed by atoms with E-state index in [2.05, 4.69) is 5.32 Å². The number of likely N-dealkylation sites (tertiary alicyclic amines) is 1. The Balaban J connectivity index is 1.91. The summed E-state index contributed by atoms with van der Waals surface area (Å²) >= 11 is 0. The van der Waals surface area contributed by atoms with Crippen LogP contribution in [0.15, 0.2) is 0 Å². The minimum atomic E-state index is -0.195. The molecular weight excluding hydrogens is 204 g/mol. The molecule has 0 aromatic heterocycles. The molecule has 1 saturated carbocycles. The van der Waals surface area contributed by atoms with Crippen LogP contribution < -0.4 is 5.32 Å². The van der Waals surface area contributed by atoms with Crippen LogP contribution in [0.4, 0.5) is 0 Å². The van der Waals surface area contributed by atoms with E-state index < -0.39 is 0 Å². The Morgan fingerprint density at radius 2 is 2.06 bits per heavy atom. The fourth-order valence-corrected chi connectivity index (χ4v) is 2.23. The second-order valence-electron chi connectivity index (χ2n) is 4.75. The Bertz CT molecular complexity index is 287. The van der Waals surface area contributed by atoms with Crippen molar-refractivity contribution in [2.24, 2.45) is 5.92 Å². The van der Waals surface area contributed by atoms with Crippen molar-refractivity contribution in [3.8, 4) is 0 Å². The first-order valence-corrected chi connectivity index (χ1v) is 6.32. The molecule has 0 aromatic rings. The van der Waals surface area contributed by atoms with Crippen molar-refractivity contribution in [2.45, 2.75) is 45.1 Å². The van der Waals surface area contributed by atoms with Gasteiger partial charge in [-0.05, 0) is 32.1 Å². The standard InChI is InChI=1S/C12H20N2O2/c1-2-7-13-11(15)10-4-3-8-14(10)12(16)9-5-6-9/h9-10H,2-8H2,1H3,(H,13,15)/t10-/m1/s1. The number of nitrogens with zero attached hydrogens (tertiary/aromatic N) is 1. The SMILES string of the molecule is CCCNC(=O)[C@H]1CCCN1C(=O)C1CC1. The number of amides is 2. The predicted octanol–water partition coefficient (Wildman–Crippen LogP) is 0.914. The molecule has 0 radical (unpaired) electrons. The zero-order chi connectivity index (χ0) is 11.5. The van der Waals surface area contributed by atoms with Gasteiger partial charge in [0.2, 0.25) is 11.8 Å². The second kappa shape index (κ2) is 4.85. The minimum Gasteiger partial charge on any atom is -0.354 e. The summed E-state index contributed by atoms with van der Waals surface area (Å²) in [5, 5.41) is 2.89. The van der Waals surface area contributed by atoms with Gasteiger partial charge in [0.05, 0.1) is 0 Å². The number of nitrogens with one attached hydrogen (secondary N) is 1. The Morgan fingerprint density at radius 1 is 1.31 bits per heavy atom. The van der Waals surface area contributed by atoms with Gasteiger partial charge in [-0.25, -0.2) is 0 Å². The molecule has 0 aromatic carbocycles. The van der Waals surface area contributed by atoms with E-state index in [0.717, 1.165) is 38.6 Å². The monoisotopic (exact) mass is 224 g/mol. The lowest BCUT2D eigenvalue weighted by atomic mass is 10.2. The molecule has 1 atom stereocenters. The topological polar surface area (TPSA) is 49.4 Å². The van der Waals surface area contributed by atoms with Gasteiger partial charge in [0.25, 0.3) is 0 Å². The van der Waals surface area contributed by atoms with Gasteiger partial charge in [0.15, 0.2) is 0 Å². The highest BCUT2D eigenvalue weighted by Gasteiger charge is 2.40. The smallest absolute Gasteiger partial charge is 0.242 e. The van der Waals surface area contributed by atoms with E-state index in [1.54, 1.807) is 4.90 Å². The van der Waals surface area contributed by atoms with Gasteiger partial charge in [-0.3, -0.25) is 9.59 Å². The quantitative estimate of drug-likeness (QED) is 0.771. The zero-order valence-corrected chi connectivity index (χ0v) is 9.87. The van der Waals surface area contributed by atoms with Crippen molar-refractivity contribution >= 4 is 11.8 Å². The highest BCUT2D eigenvalue weighted by Crippen LogP contribution is 2.33. The van der Waals surface area contributed by atoms with Crippen molar-refractivity contribution in [1.82, 2.24) is 10.2 Å². The number of hydrogen-bond donors (Lipinski definition) is 1. The minimum absolute atomic E-state index is 0.0355. The third kappa shape index (κ3) is 2.36. The van der Waals surface area contributed by atoms with Gasteiger partial charge in [-0.15, -0.1) is 0 Å². The van der Waals surface area contributed by atoms with E-state index in [4.69, 9.17) is 0 Å². The lowest BCUT2D eigenvalue weighted by Gasteiger charge is -2.23. The maximum Gasteiger partial charge on any atom is 0.242 e. The van der Waals surface area contributed by atoms with Crippen LogP contribution in [0.2, 0.25) is 0 Å². The highest BCUT2D eigenvalue weighted by atomic mass is 16.2. The summed E-state index contributed by atoms with van der Waals surface area (Å²) < 4.78 is 0. The van der Waals surface area contributed by atoms with Crippen LogP contribution in [0, 0.1) is 5.92 Å². The molecule has 1 aliphatic heterocycles. The fraction of sp³-hybridized carbons (Fsp3) is 0.833. The van der Waals surface area contributed by atoms with Crippen LogP contribution in [0.3, 0.4) is 0 Å². The third-order valence-electron chi connectivity index (χ3n) is 3.31. The normalized spacial score (nSPS) is 24.6. The Morgan fingerprint density at radius 3 is 2.69 bits per heavy atom. The zero-order valence-electron chi connectivity index (χ0n) is 9.87.